The smallest absolute Gasteiger partial charge is 0.334 e. The molecule has 0 aliphatic carbocycles. The lowest BCUT2D eigenvalue weighted by Crippen LogP contribution is -2.60. The Bertz CT molecular complexity index is 1110. The number of aromatic amines is 1. The molecule has 3 aromatic rings. The summed E-state index contributed by atoms with van der Waals surface area (Å²) >= 11 is 0. The van der Waals surface area contributed by atoms with Gasteiger partial charge >= 0.3 is 12.0 Å². The van der Waals surface area contributed by atoms with Crippen LogP contribution < -0.4 is 16.2 Å². The molecule has 0 fully saturated rings. The van der Waals surface area contributed by atoms with E-state index in [-0.39, 0.29) is 18.9 Å². The zero-order valence-corrected chi connectivity index (χ0v) is 19.6. The second-order valence-corrected chi connectivity index (χ2v) is 8.13. The van der Waals surface area contributed by atoms with Crippen molar-refractivity contribution in [3.05, 3.63) is 71.9 Å². The highest BCUT2D eigenvalue weighted by atomic mass is 16.5. The van der Waals surface area contributed by atoms with E-state index in [4.69, 9.17) is 4.74 Å². The van der Waals surface area contributed by atoms with Crippen molar-refractivity contribution < 1.29 is 19.1 Å². The van der Waals surface area contributed by atoms with Crippen molar-refractivity contribution in [1.82, 2.24) is 21.2 Å². The molecular formula is C26H32N4O4. The van der Waals surface area contributed by atoms with Gasteiger partial charge in [0.25, 0.3) is 0 Å². The second kappa shape index (κ2) is 11.9. The van der Waals surface area contributed by atoms with E-state index in [1.165, 1.54) is 0 Å². The zero-order valence-electron chi connectivity index (χ0n) is 19.6. The van der Waals surface area contributed by atoms with Gasteiger partial charge in [0, 0.05) is 23.5 Å². The predicted octanol–water partition coefficient (Wildman–Crippen LogP) is 3.78. The van der Waals surface area contributed by atoms with E-state index < -0.39 is 17.5 Å². The Balaban J connectivity index is 1.55. The van der Waals surface area contributed by atoms with E-state index in [1.807, 2.05) is 67.7 Å². The third-order valence-electron chi connectivity index (χ3n) is 5.92. The number of aromatic nitrogens is 1. The summed E-state index contributed by atoms with van der Waals surface area (Å²) in [5.74, 6) is -0.822. The van der Waals surface area contributed by atoms with Crippen molar-refractivity contribution in [2.75, 3.05) is 6.61 Å². The van der Waals surface area contributed by atoms with Crippen LogP contribution in [0.2, 0.25) is 0 Å². The van der Waals surface area contributed by atoms with Crippen LogP contribution in [0.15, 0.2) is 60.8 Å². The number of amides is 3. The topological polar surface area (TPSA) is 112 Å². The van der Waals surface area contributed by atoms with Crippen molar-refractivity contribution in [3.63, 3.8) is 0 Å². The second-order valence-electron chi connectivity index (χ2n) is 8.13. The number of hydrogen-bond acceptors (Lipinski definition) is 4. The monoisotopic (exact) mass is 464 g/mol. The first-order valence-corrected chi connectivity index (χ1v) is 11.6. The lowest BCUT2D eigenvalue weighted by Gasteiger charge is -2.31. The maximum Gasteiger partial charge on any atom is 0.334 e. The van der Waals surface area contributed by atoms with Gasteiger partial charge in [-0.15, -0.1) is 0 Å². The Morgan fingerprint density at radius 3 is 2.41 bits per heavy atom. The lowest BCUT2D eigenvalue weighted by molar-refractivity contribution is -0.151. The molecule has 0 spiro atoms. The van der Waals surface area contributed by atoms with Crippen LogP contribution in [0.1, 0.15) is 44.2 Å². The van der Waals surface area contributed by atoms with Gasteiger partial charge in [0.1, 0.15) is 5.54 Å². The molecule has 3 amide bonds. The fourth-order valence-electron chi connectivity index (χ4n) is 3.92. The number of carbonyl (C=O) groups is 3. The van der Waals surface area contributed by atoms with Crippen LogP contribution in [-0.4, -0.2) is 35.0 Å². The van der Waals surface area contributed by atoms with Gasteiger partial charge in [-0.1, -0.05) is 55.5 Å². The van der Waals surface area contributed by atoms with E-state index in [0.29, 0.717) is 25.7 Å². The molecule has 0 aliphatic rings. The number of benzene rings is 2. The summed E-state index contributed by atoms with van der Waals surface area (Å²) in [6, 6.07) is 16.9. The van der Waals surface area contributed by atoms with Crippen LogP contribution in [0.4, 0.5) is 4.79 Å². The number of esters is 1. The molecule has 4 N–H and O–H groups in total. The molecular weight excluding hydrogens is 432 g/mol. The average molecular weight is 465 g/mol. The van der Waals surface area contributed by atoms with E-state index in [0.717, 1.165) is 22.0 Å². The number of hydrogen-bond donors (Lipinski definition) is 4. The third kappa shape index (κ3) is 6.37. The number of urea groups is 1. The van der Waals surface area contributed by atoms with Crippen LogP contribution in [0.5, 0.6) is 0 Å². The minimum atomic E-state index is -1.20. The highest BCUT2D eigenvalue weighted by Gasteiger charge is 2.39. The first-order chi connectivity index (χ1) is 16.5. The van der Waals surface area contributed by atoms with Gasteiger partial charge in [-0.3, -0.25) is 10.2 Å². The molecule has 180 valence electrons. The summed E-state index contributed by atoms with van der Waals surface area (Å²) in [6.45, 7) is 3.76. The number of ether oxygens (including phenoxy) is 1. The summed E-state index contributed by atoms with van der Waals surface area (Å²) in [7, 11) is 0. The Morgan fingerprint density at radius 1 is 0.941 bits per heavy atom. The minimum Gasteiger partial charge on any atom is -0.464 e. The fraction of sp³-hybridized carbons (Fsp3) is 0.346. The molecule has 0 radical (unpaired) electrons. The summed E-state index contributed by atoms with van der Waals surface area (Å²) < 4.78 is 5.26. The number of carbonyl (C=O) groups excluding carboxylic acids is 3. The molecule has 2 aromatic carbocycles. The lowest BCUT2D eigenvalue weighted by atomic mass is 9.88. The van der Waals surface area contributed by atoms with Crippen LogP contribution in [0.25, 0.3) is 10.9 Å². The maximum atomic E-state index is 12.8. The number of fused-ring (bicyclic) bond motifs is 1. The Labute approximate surface area is 199 Å². The summed E-state index contributed by atoms with van der Waals surface area (Å²) in [5, 5.41) is 3.81. The fourth-order valence-corrected chi connectivity index (χ4v) is 3.92. The standard InChI is InChI=1S/C26H32N4O4/c1-3-26(24(32)34-4-2,17-16-19-10-6-5-7-11-19)28-25(33)30-29-23(31)15-14-20-18-27-22-13-9-8-12-21(20)22/h5-13,18,27H,3-4,14-17H2,1-2H3,(H,29,31)(H2,28,30,33). The Hall–Kier alpha value is -3.81. The van der Waals surface area contributed by atoms with Crippen molar-refractivity contribution in [2.24, 2.45) is 0 Å². The van der Waals surface area contributed by atoms with Crippen LogP contribution in [0, 0.1) is 0 Å². The van der Waals surface area contributed by atoms with Gasteiger partial charge in [0.15, 0.2) is 0 Å². The van der Waals surface area contributed by atoms with Crippen molar-refractivity contribution in [1.29, 1.82) is 0 Å². The van der Waals surface area contributed by atoms with Gasteiger partial charge in [-0.25, -0.2) is 15.0 Å². The van der Waals surface area contributed by atoms with Gasteiger partial charge in [0.05, 0.1) is 6.61 Å². The third-order valence-corrected chi connectivity index (χ3v) is 5.92. The molecule has 1 unspecified atom stereocenters. The Morgan fingerprint density at radius 2 is 1.68 bits per heavy atom. The van der Waals surface area contributed by atoms with Crippen LogP contribution in [-0.2, 0) is 27.2 Å². The molecule has 1 aromatic heterocycles. The number of rotatable bonds is 10. The molecule has 1 heterocycles. The largest absolute Gasteiger partial charge is 0.464 e. The molecule has 0 saturated carbocycles. The quantitative estimate of drug-likeness (QED) is 0.270. The highest BCUT2D eigenvalue weighted by molar-refractivity contribution is 5.89. The van der Waals surface area contributed by atoms with Gasteiger partial charge in [0.2, 0.25) is 5.91 Å². The van der Waals surface area contributed by atoms with Gasteiger partial charge in [-0.05, 0) is 49.8 Å². The normalized spacial score (nSPS) is 12.5. The van der Waals surface area contributed by atoms with Crippen molar-refractivity contribution in [2.45, 2.75) is 51.5 Å². The van der Waals surface area contributed by atoms with Gasteiger partial charge < -0.3 is 15.0 Å². The maximum absolute atomic E-state index is 12.8. The highest BCUT2D eigenvalue weighted by Crippen LogP contribution is 2.21. The molecule has 34 heavy (non-hydrogen) atoms. The molecule has 0 bridgehead atoms. The summed E-state index contributed by atoms with van der Waals surface area (Å²) in [4.78, 5) is 40.9. The first kappa shape index (κ1) is 24.8. The van der Waals surface area contributed by atoms with Crippen LogP contribution in [0.3, 0.4) is 0 Å². The van der Waals surface area contributed by atoms with E-state index >= 15 is 0 Å². The van der Waals surface area contributed by atoms with E-state index in [1.54, 1.807) is 6.92 Å². The SMILES string of the molecule is CCOC(=O)C(CC)(CCc1ccccc1)NC(=O)NNC(=O)CCc1c[nH]c2ccccc12. The zero-order chi connectivity index (χ0) is 24.4. The number of H-pyrrole nitrogens is 1. The summed E-state index contributed by atoms with van der Waals surface area (Å²) in [6.07, 6.45) is 3.92. The van der Waals surface area contributed by atoms with E-state index in [9.17, 15) is 14.4 Å². The predicted molar refractivity (Wildman–Crippen MR) is 131 cm³/mol. The minimum absolute atomic E-state index is 0.201. The molecule has 8 nitrogen and oxygen atoms in total. The van der Waals surface area contributed by atoms with Crippen molar-refractivity contribution >= 4 is 28.8 Å². The molecule has 0 saturated heterocycles. The number of para-hydroxylation sites is 1. The molecule has 0 aliphatic heterocycles. The molecule has 8 heteroatoms. The average Bonchev–Trinajstić information content (AvgIpc) is 3.28. The summed E-state index contributed by atoms with van der Waals surface area (Å²) in [5.41, 5.74) is 6.69. The molecule has 1 atom stereocenters. The van der Waals surface area contributed by atoms with Crippen LogP contribution >= 0.6 is 0 Å². The van der Waals surface area contributed by atoms with Gasteiger partial charge in [-0.2, -0.15) is 0 Å². The number of nitrogens with one attached hydrogen (secondary N) is 4. The Kier molecular flexibility index (Phi) is 8.67. The van der Waals surface area contributed by atoms with Crippen molar-refractivity contribution in [3.8, 4) is 0 Å². The van der Waals surface area contributed by atoms with E-state index in [2.05, 4.69) is 21.2 Å². The number of aryl methyl sites for hydroxylation is 2. The number of hydrazine groups is 1. The molecule has 3 rings (SSSR count). The first-order valence-electron chi connectivity index (χ1n) is 11.6.